The number of carbonyl (C=O) groups excluding carboxylic acids is 6. The third-order valence-electron chi connectivity index (χ3n) is 7.19. The van der Waals surface area contributed by atoms with Gasteiger partial charge in [0.25, 0.3) is 12.3 Å². The second-order valence-electron chi connectivity index (χ2n) is 14.0. The number of hydrogen-bond donors (Lipinski definition) is 0. The molecule has 0 heterocycles. The van der Waals surface area contributed by atoms with E-state index in [0.717, 1.165) is 44.9 Å². The first-order chi connectivity index (χ1) is 22.6. The minimum Gasteiger partial charge on any atom is -0.460 e. The highest BCUT2D eigenvalue weighted by Crippen LogP contribution is 2.20. The molecule has 1 aromatic rings. The third kappa shape index (κ3) is 19.2. The molecule has 0 bridgehead atoms. The van der Waals surface area contributed by atoms with Gasteiger partial charge in [-0.05, 0) is 78.6 Å². The van der Waals surface area contributed by atoms with E-state index in [9.17, 15) is 28.8 Å². The van der Waals surface area contributed by atoms with Crippen LogP contribution in [0, 0.1) is 0 Å². The molecule has 11 heteroatoms. The van der Waals surface area contributed by atoms with Gasteiger partial charge in [-0.1, -0.05) is 71.1 Å². The van der Waals surface area contributed by atoms with Crippen LogP contribution in [0.2, 0.25) is 0 Å². The van der Waals surface area contributed by atoms with Gasteiger partial charge in [0.05, 0.1) is 5.56 Å². The van der Waals surface area contributed by atoms with Crippen molar-refractivity contribution in [1.82, 2.24) is 5.06 Å². The van der Waals surface area contributed by atoms with Crippen molar-refractivity contribution in [3.8, 4) is 0 Å². The van der Waals surface area contributed by atoms with Gasteiger partial charge in [-0.3, -0.25) is 24.0 Å². The average molecular weight is 675 g/mol. The number of hydrogen-bond acceptors (Lipinski definition) is 9. The number of unbranched alkanes of at least 4 members (excludes halogenated alkanes) is 11. The van der Waals surface area contributed by atoms with E-state index in [-0.39, 0.29) is 43.2 Å². The van der Waals surface area contributed by atoms with Gasteiger partial charge < -0.3 is 19.2 Å². The maximum Gasteiger partial charge on any atom is 0.363 e. The third-order valence-corrected chi connectivity index (χ3v) is 7.19. The van der Waals surface area contributed by atoms with Crippen LogP contribution in [0.1, 0.15) is 155 Å². The quantitative estimate of drug-likeness (QED) is 0.0558. The Balaban J connectivity index is 2.47. The van der Waals surface area contributed by atoms with Crippen LogP contribution >= 0.6 is 0 Å². The minimum absolute atomic E-state index is 0.0192. The SMILES string of the molecule is CCC(=O)N(C=O)OC(=O)c1ccc(N(CC(=O)OC(C)(C)C)C(=O)CCCCCCCCCCCCCCC(=O)OC(C)(C)C)cc1. The Hall–Kier alpha value is -3.76. The molecule has 48 heavy (non-hydrogen) atoms. The smallest absolute Gasteiger partial charge is 0.363 e. The number of esters is 2. The number of rotatable bonds is 21. The zero-order valence-electron chi connectivity index (χ0n) is 30.3. The van der Waals surface area contributed by atoms with Gasteiger partial charge in [0.15, 0.2) is 0 Å². The molecule has 0 aromatic heterocycles. The number of carbonyl (C=O) groups is 6. The van der Waals surface area contributed by atoms with Gasteiger partial charge >= 0.3 is 17.9 Å². The van der Waals surface area contributed by atoms with Crippen molar-refractivity contribution in [3.63, 3.8) is 0 Å². The largest absolute Gasteiger partial charge is 0.460 e. The van der Waals surface area contributed by atoms with Crippen LogP contribution in [0.15, 0.2) is 24.3 Å². The van der Waals surface area contributed by atoms with Crippen LogP contribution in [-0.4, -0.2) is 58.9 Å². The lowest BCUT2D eigenvalue weighted by Gasteiger charge is -2.25. The summed E-state index contributed by atoms with van der Waals surface area (Å²) in [5.41, 5.74) is -0.669. The minimum atomic E-state index is -0.910. The summed E-state index contributed by atoms with van der Waals surface area (Å²) < 4.78 is 10.8. The monoisotopic (exact) mass is 674 g/mol. The lowest BCUT2D eigenvalue weighted by Crippen LogP contribution is -2.38. The summed E-state index contributed by atoms with van der Waals surface area (Å²) >= 11 is 0. The van der Waals surface area contributed by atoms with Crippen molar-refractivity contribution in [2.75, 3.05) is 11.4 Å². The maximum absolute atomic E-state index is 13.3. The lowest BCUT2D eigenvalue weighted by molar-refractivity contribution is -0.171. The summed E-state index contributed by atoms with van der Waals surface area (Å²) in [6.45, 7) is 12.2. The standard InChI is InChI=1S/C37H58N2O9/c1-8-31(41)39(28-40)48-35(45)29-23-25-30(26-24-29)38(27-34(44)47-37(5,6)7)32(42)21-19-17-15-13-11-9-10-12-14-16-18-20-22-33(43)46-36(2,3)4/h23-26,28H,8-22,27H2,1-7H3. The van der Waals surface area contributed by atoms with Gasteiger partial charge in [-0.15, -0.1) is 5.06 Å². The molecule has 0 saturated carbocycles. The van der Waals surface area contributed by atoms with Crippen LogP contribution < -0.4 is 4.90 Å². The Kier molecular flexibility index (Phi) is 19.4. The Morgan fingerprint density at radius 3 is 1.50 bits per heavy atom. The van der Waals surface area contributed by atoms with E-state index in [2.05, 4.69) is 0 Å². The van der Waals surface area contributed by atoms with Crippen LogP contribution in [0.5, 0.6) is 0 Å². The molecule has 1 rings (SSSR count). The van der Waals surface area contributed by atoms with E-state index >= 15 is 0 Å². The molecule has 0 atom stereocenters. The Labute approximate surface area is 287 Å². The fourth-order valence-corrected chi connectivity index (χ4v) is 4.87. The van der Waals surface area contributed by atoms with E-state index < -0.39 is 29.0 Å². The molecule has 0 unspecified atom stereocenters. The highest BCUT2D eigenvalue weighted by molar-refractivity contribution is 5.98. The lowest BCUT2D eigenvalue weighted by atomic mass is 10.0. The number of ether oxygens (including phenoxy) is 2. The first kappa shape index (κ1) is 42.3. The van der Waals surface area contributed by atoms with E-state index in [1.807, 2.05) is 20.8 Å². The van der Waals surface area contributed by atoms with Gasteiger partial charge in [-0.2, -0.15) is 0 Å². The zero-order valence-corrected chi connectivity index (χ0v) is 30.3. The molecule has 0 fully saturated rings. The van der Waals surface area contributed by atoms with Crippen molar-refractivity contribution in [3.05, 3.63) is 29.8 Å². The number of anilines is 1. The average Bonchev–Trinajstić information content (AvgIpc) is 3.00. The summed E-state index contributed by atoms with van der Waals surface area (Å²) in [5.74, 6) is -2.48. The maximum atomic E-state index is 13.3. The van der Waals surface area contributed by atoms with Crippen LogP contribution in [0.4, 0.5) is 5.69 Å². The predicted molar refractivity (Wildman–Crippen MR) is 184 cm³/mol. The molecule has 0 aliphatic heterocycles. The predicted octanol–water partition coefficient (Wildman–Crippen LogP) is 7.63. The molecule has 0 aliphatic carbocycles. The van der Waals surface area contributed by atoms with Gasteiger partial charge in [0.1, 0.15) is 17.7 Å². The first-order valence-corrected chi connectivity index (χ1v) is 17.4. The topological polar surface area (TPSA) is 137 Å². The number of hydroxylamine groups is 2. The van der Waals surface area contributed by atoms with Gasteiger partial charge in [0, 0.05) is 24.9 Å². The van der Waals surface area contributed by atoms with Gasteiger partial charge in [0.2, 0.25) is 5.91 Å². The summed E-state index contributed by atoms with van der Waals surface area (Å²) in [5, 5.41) is 0.343. The summed E-state index contributed by atoms with van der Waals surface area (Å²) in [7, 11) is 0. The Morgan fingerprint density at radius 1 is 0.625 bits per heavy atom. The fraction of sp³-hybridized carbons (Fsp3) is 0.676. The van der Waals surface area contributed by atoms with Crippen LogP contribution in [0.25, 0.3) is 0 Å². The second kappa shape index (κ2) is 22.0. The molecule has 270 valence electrons. The second-order valence-corrected chi connectivity index (χ2v) is 14.0. The van der Waals surface area contributed by atoms with Crippen molar-refractivity contribution in [2.24, 2.45) is 0 Å². The number of benzene rings is 1. The number of amides is 3. The molecule has 0 aliphatic rings. The molecule has 0 N–H and O–H groups in total. The van der Waals surface area contributed by atoms with Crippen molar-refractivity contribution in [1.29, 1.82) is 0 Å². The number of imide groups is 1. The van der Waals surface area contributed by atoms with E-state index in [1.165, 1.54) is 61.8 Å². The summed E-state index contributed by atoms with van der Waals surface area (Å²) in [4.78, 5) is 79.1. The van der Waals surface area contributed by atoms with Crippen molar-refractivity contribution >= 4 is 41.8 Å². The van der Waals surface area contributed by atoms with Crippen molar-refractivity contribution < 1.29 is 43.1 Å². The Morgan fingerprint density at radius 2 is 1.06 bits per heavy atom. The van der Waals surface area contributed by atoms with E-state index in [1.54, 1.807) is 20.8 Å². The van der Waals surface area contributed by atoms with Crippen molar-refractivity contribution in [2.45, 2.75) is 156 Å². The highest BCUT2D eigenvalue weighted by atomic mass is 16.7. The fourth-order valence-electron chi connectivity index (χ4n) is 4.87. The summed E-state index contributed by atoms with van der Waals surface area (Å²) in [6.07, 6.45) is 13.6. The van der Waals surface area contributed by atoms with E-state index in [0.29, 0.717) is 23.6 Å². The van der Waals surface area contributed by atoms with E-state index in [4.69, 9.17) is 14.3 Å². The van der Waals surface area contributed by atoms with Crippen LogP contribution in [-0.2, 0) is 38.3 Å². The molecule has 11 nitrogen and oxygen atoms in total. The normalized spacial score (nSPS) is 11.4. The molecule has 0 radical (unpaired) electrons. The Bertz CT molecular complexity index is 1170. The number of nitrogens with zero attached hydrogens (tertiary/aromatic N) is 2. The molecule has 0 saturated heterocycles. The first-order valence-electron chi connectivity index (χ1n) is 17.4. The van der Waals surface area contributed by atoms with Gasteiger partial charge in [-0.25, -0.2) is 4.79 Å². The zero-order chi connectivity index (χ0) is 36.2. The highest BCUT2D eigenvalue weighted by Gasteiger charge is 2.24. The molecule has 0 spiro atoms. The molecular formula is C37H58N2O9. The molecular weight excluding hydrogens is 616 g/mol. The van der Waals surface area contributed by atoms with Crippen LogP contribution in [0.3, 0.4) is 0 Å². The molecule has 1 aromatic carbocycles. The molecule has 3 amide bonds. The summed E-state index contributed by atoms with van der Waals surface area (Å²) in [6, 6.07) is 5.82.